The quantitative estimate of drug-likeness (QED) is 0.824. The van der Waals surface area contributed by atoms with Gasteiger partial charge >= 0.3 is 0 Å². The largest absolute Gasteiger partial charge is 0.343 e. The molecule has 1 fully saturated rings. The number of hydrogen-bond acceptors (Lipinski definition) is 3. The molecule has 0 saturated carbocycles. The van der Waals surface area contributed by atoms with Crippen LogP contribution in [0.4, 0.5) is 0 Å². The first-order valence-electron chi connectivity index (χ1n) is 5.18. The highest BCUT2D eigenvalue weighted by Gasteiger charge is 2.19. The Morgan fingerprint density at radius 1 is 1.60 bits per heavy atom. The van der Waals surface area contributed by atoms with E-state index in [9.17, 15) is 4.79 Å². The Kier molecular flexibility index (Phi) is 7.40. The Morgan fingerprint density at radius 3 is 2.73 bits per heavy atom. The molecule has 0 radical (unpaired) electrons. The summed E-state index contributed by atoms with van der Waals surface area (Å²) in [5, 5.41) is 3.38. The lowest BCUT2D eigenvalue weighted by Crippen LogP contribution is -2.43. The average molecular weight is 253 g/mol. The molecular formula is C10H21ClN2OS. The van der Waals surface area contributed by atoms with Gasteiger partial charge in [-0.2, -0.15) is 11.8 Å². The van der Waals surface area contributed by atoms with Crippen molar-refractivity contribution in [2.24, 2.45) is 0 Å². The summed E-state index contributed by atoms with van der Waals surface area (Å²) < 4.78 is 0. The van der Waals surface area contributed by atoms with E-state index >= 15 is 0 Å². The smallest absolute Gasteiger partial charge is 0.224 e. The van der Waals surface area contributed by atoms with Crippen LogP contribution in [0, 0.1) is 0 Å². The van der Waals surface area contributed by atoms with Gasteiger partial charge in [0.2, 0.25) is 5.91 Å². The summed E-state index contributed by atoms with van der Waals surface area (Å²) in [6.45, 7) is 5.12. The molecule has 0 aromatic heterocycles. The normalized spacial score (nSPS) is 20.9. The molecule has 1 N–H and O–H groups in total. The highest BCUT2D eigenvalue weighted by Crippen LogP contribution is 2.11. The molecule has 1 heterocycles. The molecule has 1 aliphatic heterocycles. The minimum atomic E-state index is 0. The van der Waals surface area contributed by atoms with Crippen LogP contribution in [0.5, 0.6) is 0 Å². The minimum Gasteiger partial charge on any atom is -0.343 e. The lowest BCUT2D eigenvalue weighted by molar-refractivity contribution is -0.131. The molecule has 0 aliphatic carbocycles. The Morgan fingerprint density at radius 2 is 2.27 bits per heavy atom. The topological polar surface area (TPSA) is 32.3 Å². The first-order valence-corrected chi connectivity index (χ1v) is 6.33. The van der Waals surface area contributed by atoms with Gasteiger partial charge < -0.3 is 10.2 Å². The molecule has 1 unspecified atom stereocenters. The van der Waals surface area contributed by atoms with Crippen molar-refractivity contribution in [3.05, 3.63) is 0 Å². The summed E-state index contributed by atoms with van der Waals surface area (Å²) in [5.74, 6) is 2.49. The van der Waals surface area contributed by atoms with Gasteiger partial charge in [-0.05, 0) is 13.8 Å². The summed E-state index contributed by atoms with van der Waals surface area (Å²) in [6.07, 6.45) is 0.641. The number of nitrogens with zero attached hydrogens (tertiary/aromatic N) is 1. The Hall–Kier alpha value is 0.0700. The number of carbonyl (C=O) groups excluding carboxylic acids is 1. The third-order valence-electron chi connectivity index (χ3n) is 2.59. The van der Waals surface area contributed by atoms with Crippen LogP contribution in [0.1, 0.15) is 20.3 Å². The standard InChI is InChI=1S/C10H20N2OS.ClH/c1-8(2)12(3)10(13)6-9-7-14-5-4-11-9;/h8-9,11H,4-7H2,1-3H3;1H. The summed E-state index contributed by atoms with van der Waals surface area (Å²) in [5.41, 5.74) is 0. The summed E-state index contributed by atoms with van der Waals surface area (Å²) >= 11 is 1.93. The minimum absolute atomic E-state index is 0. The van der Waals surface area contributed by atoms with Crippen LogP contribution in [0.2, 0.25) is 0 Å². The van der Waals surface area contributed by atoms with E-state index in [1.54, 1.807) is 0 Å². The second-order valence-corrected chi connectivity index (χ2v) is 5.18. The lowest BCUT2D eigenvalue weighted by Gasteiger charge is -2.27. The molecule has 1 atom stereocenters. The molecule has 0 aromatic rings. The maximum absolute atomic E-state index is 11.7. The average Bonchev–Trinajstić information content (AvgIpc) is 2.18. The van der Waals surface area contributed by atoms with Crippen molar-refractivity contribution in [3.63, 3.8) is 0 Å². The fourth-order valence-electron chi connectivity index (χ4n) is 1.39. The molecule has 0 bridgehead atoms. The van der Waals surface area contributed by atoms with Gasteiger partial charge in [-0.15, -0.1) is 12.4 Å². The second kappa shape index (κ2) is 7.36. The third kappa shape index (κ3) is 5.09. The number of thioether (sulfide) groups is 1. The predicted molar refractivity (Wildman–Crippen MR) is 68.9 cm³/mol. The Bertz CT molecular complexity index is 196. The first kappa shape index (κ1) is 15.1. The number of rotatable bonds is 3. The van der Waals surface area contributed by atoms with Gasteiger partial charge in [0.25, 0.3) is 0 Å². The molecular weight excluding hydrogens is 232 g/mol. The van der Waals surface area contributed by atoms with Crippen LogP contribution < -0.4 is 5.32 Å². The van der Waals surface area contributed by atoms with Crippen molar-refractivity contribution in [1.82, 2.24) is 10.2 Å². The first-order chi connectivity index (χ1) is 6.61. The van der Waals surface area contributed by atoms with E-state index in [4.69, 9.17) is 0 Å². The number of carbonyl (C=O) groups is 1. The van der Waals surface area contributed by atoms with E-state index in [0.29, 0.717) is 18.5 Å². The third-order valence-corrected chi connectivity index (χ3v) is 3.72. The summed E-state index contributed by atoms with van der Waals surface area (Å²) in [6, 6.07) is 0.682. The van der Waals surface area contributed by atoms with E-state index in [2.05, 4.69) is 5.32 Å². The molecule has 1 amide bonds. The lowest BCUT2D eigenvalue weighted by atomic mass is 10.2. The highest BCUT2D eigenvalue weighted by molar-refractivity contribution is 7.99. The maximum Gasteiger partial charge on any atom is 0.224 e. The van der Waals surface area contributed by atoms with Crippen molar-refractivity contribution >= 4 is 30.1 Å². The molecule has 1 saturated heterocycles. The van der Waals surface area contributed by atoms with Crippen LogP contribution >= 0.6 is 24.2 Å². The molecule has 1 aliphatic rings. The van der Waals surface area contributed by atoms with Crippen molar-refractivity contribution in [2.45, 2.75) is 32.4 Å². The zero-order valence-corrected chi connectivity index (χ0v) is 11.3. The number of halogens is 1. The van der Waals surface area contributed by atoms with Crippen molar-refractivity contribution in [1.29, 1.82) is 0 Å². The molecule has 0 spiro atoms. The van der Waals surface area contributed by atoms with Crippen LogP contribution in [0.25, 0.3) is 0 Å². The zero-order valence-electron chi connectivity index (χ0n) is 9.66. The van der Waals surface area contributed by atoms with Gasteiger partial charge in [0.1, 0.15) is 0 Å². The fourth-order valence-corrected chi connectivity index (χ4v) is 2.34. The van der Waals surface area contributed by atoms with E-state index < -0.39 is 0 Å². The number of amides is 1. The number of hydrogen-bond donors (Lipinski definition) is 1. The van der Waals surface area contributed by atoms with Gasteiger partial charge in [-0.3, -0.25) is 4.79 Å². The van der Waals surface area contributed by atoms with Crippen LogP contribution in [0.3, 0.4) is 0 Å². The summed E-state index contributed by atoms with van der Waals surface area (Å²) in [7, 11) is 1.88. The van der Waals surface area contributed by atoms with Gasteiger partial charge in [0.15, 0.2) is 0 Å². The molecule has 0 aromatic carbocycles. The van der Waals surface area contributed by atoms with E-state index in [-0.39, 0.29) is 18.3 Å². The highest BCUT2D eigenvalue weighted by atomic mass is 35.5. The van der Waals surface area contributed by atoms with Gasteiger partial charge in [-0.1, -0.05) is 0 Å². The molecule has 15 heavy (non-hydrogen) atoms. The maximum atomic E-state index is 11.7. The second-order valence-electron chi connectivity index (χ2n) is 4.03. The molecule has 3 nitrogen and oxygen atoms in total. The molecule has 5 heteroatoms. The molecule has 1 rings (SSSR count). The SMILES string of the molecule is CC(C)N(C)C(=O)CC1CSCCN1.Cl. The Balaban J connectivity index is 0.00000196. The predicted octanol–water partition coefficient (Wildman–Crippen LogP) is 1.37. The zero-order chi connectivity index (χ0) is 10.6. The Labute approximate surface area is 103 Å². The van der Waals surface area contributed by atoms with Crippen molar-refractivity contribution in [3.8, 4) is 0 Å². The molecule has 90 valence electrons. The fraction of sp³-hybridized carbons (Fsp3) is 0.900. The van der Waals surface area contributed by atoms with E-state index in [1.165, 1.54) is 5.75 Å². The van der Waals surface area contributed by atoms with Gasteiger partial charge in [0, 0.05) is 43.6 Å². The van der Waals surface area contributed by atoms with Gasteiger partial charge in [0.05, 0.1) is 0 Å². The van der Waals surface area contributed by atoms with Crippen molar-refractivity contribution in [2.75, 3.05) is 25.1 Å². The van der Waals surface area contributed by atoms with Crippen LogP contribution in [0.15, 0.2) is 0 Å². The van der Waals surface area contributed by atoms with E-state index in [0.717, 1.165) is 12.3 Å². The number of nitrogens with one attached hydrogen (secondary N) is 1. The van der Waals surface area contributed by atoms with Crippen LogP contribution in [-0.2, 0) is 4.79 Å². The monoisotopic (exact) mass is 252 g/mol. The van der Waals surface area contributed by atoms with Crippen LogP contribution in [-0.4, -0.2) is 48.0 Å². The van der Waals surface area contributed by atoms with Gasteiger partial charge in [-0.25, -0.2) is 0 Å². The van der Waals surface area contributed by atoms with Crippen molar-refractivity contribution < 1.29 is 4.79 Å². The summed E-state index contributed by atoms with van der Waals surface area (Å²) in [4.78, 5) is 13.5. The van der Waals surface area contributed by atoms with E-state index in [1.807, 2.05) is 37.6 Å².